The highest BCUT2D eigenvalue weighted by Gasteiger charge is 2.51. The summed E-state index contributed by atoms with van der Waals surface area (Å²) < 4.78 is 12.2. The highest BCUT2D eigenvalue weighted by atomic mass is 16.7. The second kappa shape index (κ2) is 6.55. The van der Waals surface area contributed by atoms with Crippen molar-refractivity contribution >= 4 is 12.6 Å². The Morgan fingerprint density at radius 1 is 0.704 bits per heavy atom. The number of rotatable bonds is 3. The lowest BCUT2D eigenvalue weighted by molar-refractivity contribution is 0.00578. The van der Waals surface area contributed by atoms with E-state index in [1.54, 1.807) is 12.4 Å². The van der Waals surface area contributed by atoms with Gasteiger partial charge >= 0.3 is 7.12 Å². The van der Waals surface area contributed by atoms with Gasteiger partial charge in [-0.2, -0.15) is 0 Å². The molecule has 1 fully saturated rings. The molecule has 27 heavy (non-hydrogen) atoms. The van der Waals surface area contributed by atoms with E-state index in [4.69, 9.17) is 9.31 Å². The van der Waals surface area contributed by atoms with E-state index >= 15 is 0 Å². The second-order valence-corrected chi connectivity index (χ2v) is 7.73. The summed E-state index contributed by atoms with van der Waals surface area (Å²) in [4.78, 5) is 13.2. The molecule has 0 bridgehead atoms. The lowest BCUT2D eigenvalue weighted by atomic mass is 9.80. The summed E-state index contributed by atoms with van der Waals surface area (Å²) in [6.45, 7) is 8.19. The van der Waals surface area contributed by atoms with Gasteiger partial charge in [0.25, 0.3) is 0 Å². The molecule has 6 heteroatoms. The number of hydrogen-bond donors (Lipinski definition) is 0. The molecule has 0 amide bonds. The monoisotopic (exact) mass is 359 g/mol. The van der Waals surface area contributed by atoms with Gasteiger partial charge in [0.2, 0.25) is 0 Å². The Labute approximate surface area is 160 Å². The van der Waals surface area contributed by atoms with Crippen LogP contribution in [0.4, 0.5) is 0 Å². The summed E-state index contributed by atoms with van der Waals surface area (Å²) >= 11 is 0. The van der Waals surface area contributed by atoms with E-state index in [2.05, 4.69) is 15.0 Å². The summed E-state index contributed by atoms with van der Waals surface area (Å²) in [5.41, 5.74) is 3.98. The summed E-state index contributed by atoms with van der Waals surface area (Å²) in [7, 11) is -0.399. The molecule has 0 radical (unpaired) electrons. The predicted octanol–water partition coefficient (Wildman–Crippen LogP) is 3.50. The number of aromatic nitrogens is 3. The molecule has 0 aliphatic carbocycles. The van der Waals surface area contributed by atoms with E-state index in [-0.39, 0.29) is 11.2 Å². The van der Waals surface area contributed by atoms with Crippen LogP contribution in [0, 0.1) is 0 Å². The molecule has 3 aromatic heterocycles. The minimum Gasteiger partial charge on any atom is -0.399 e. The van der Waals surface area contributed by atoms with Gasteiger partial charge in [-0.3, -0.25) is 15.0 Å². The van der Waals surface area contributed by atoms with E-state index in [1.807, 2.05) is 76.5 Å². The Kier molecular flexibility index (Phi) is 4.33. The molecule has 1 saturated heterocycles. The molecule has 0 spiro atoms. The van der Waals surface area contributed by atoms with E-state index in [9.17, 15) is 0 Å². The average Bonchev–Trinajstić information content (AvgIpc) is 2.90. The third-order valence-corrected chi connectivity index (χ3v) is 5.35. The fourth-order valence-electron chi connectivity index (χ4n) is 2.93. The van der Waals surface area contributed by atoms with Crippen molar-refractivity contribution in [2.24, 2.45) is 0 Å². The van der Waals surface area contributed by atoms with E-state index in [0.717, 1.165) is 28.0 Å². The smallest absolute Gasteiger partial charge is 0.399 e. The van der Waals surface area contributed by atoms with Gasteiger partial charge in [-0.1, -0.05) is 6.07 Å². The first-order valence-electron chi connectivity index (χ1n) is 9.04. The van der Waals surface area contributed by atoms with Crippen LogP contribution in [0.5, 0.6) is 0 Å². The molecule has 1 aliphatic heterocycles. The van der Waals surface area contributed by atoms with Gasteiger partial charge in [-0.15, -0.1) is 0 Å². The van der Waals surface area contributed by atoms with Gasteiger partial charge in [0, 0.05) is 41.4 Å². The Morgan fingerprint density at radius 2 is 1.30 bits per heavy atom. The van der Waals surface area contributed by atoms with Gasteiger partial charge in [0.05, 0.1) is 22.6 Å². The normalized spacial score (nSPS) is 17.9. The van der Waals surface area contributed by atoms with Crippen molar-refractivity contribution in [2.75, 3.05) is 0 Å². The Balaban J connectivity index is 1.53. The zero-order valence-electron chi connectivity index (χ0n) is 16.0. The fraction of sp³-hybridized carbons (Fsp3) is 0.286. The van der Waals surface area contributed by atoms with Gasteiger partial charge in [-0.25, -0.2) is 0 Å². The highest BCUT2D eigenvalue weighted by molar-refractivity contribution is 6.62. The summed E-state index contributed by atoms with van der Waals surface area (Å²) in [5, 5.41) is 0. The van der Waals surface area contributed by atoms with Crippen molar-refractivity contribution in [2.45, 2.75) is 38.9 Å². The Morgan fingerprint density at radius 3 is 1.85 bits per heavy atom. The second-order valence-electron chi connectivity index (χ2n) is 7.73. The predicted molar refractivity (Wildman–Crippen MR) is 106 cm³/mol. The number of pyridine rings is 3. The minimum absolute atomic E-state index is 0.358. The zero-order chi connectivity index (χ0) is 19.1. The molecule has 0 N–H and O–H groups in total. The highest BCUT2D eigenvalue weighted by Crippen LogP contribution is 2.36. The largest absolute Gasteiger partial charge is 0.496 e. The molecule has 4 heterocycles. The molecule has 0 saturated carbocycles. The van der Waals surface area contributed by atoms with Crippen molar-refractivity contribution < 1.29 is 9.31 Å². The van der Waals surface area contributed by atoms with Crippen LogP contribution >= 0.6 is 0 Å². The Hall–Kier alpha value is -2.57. The molecule has 136 valence electrons. The first-order valence-corrected chi connectivity index (χ1v) is 9.04. The van der Waals surface area contributed by atoms with E-state index in [0.29, 0.717) is 0 Å². The molecular formula is C21H22BN3O2. The molecule has 4 rings (SSSR count). The fourth-order valence-corrected chi connectivity index (χ4v) is 2.93. The van der Waals surface area contributed by atoms with Crippen LogP contribution in [0.15, 0.2) is 61.2 Å². The van der Waals surface area contributed by atoms with Crippen LogP contribution in [0.1, 0.15) is 27.7 Å². The van der Waals surface area contributed by atoms with Crippen LogP contribution in [0.25, 0.3) is 22.5 Å². The van der Waals surface area contributed by atoms with E-state index in [1.165, 1.54) is 0 Å². The van der Waals surface area contributed by atoms with Crippen LogP contribution in [0.3, 0.4) is 0 Å². The summed E-state index contributed by atoms with van der Waals surface area (Å²) in [6.07, 6.45) is 7.18. The van der Waals surface area contributed by atoms with Gasteiger partial charge in [0.1, 0.15) is 0 Å². The quantitative estimate of drug-likeness (QED) is 0.670. The van der Waals surface area contributed by atoms with Gasteiger partial charge < -0.3 is 9.31 Å². The Bertz CT molecular complexity index is 910. The maximum atomic E-state index is 6.08. The SMILES string of the molecule is CC1(C)OB(c2ccc(-c3ccc(-c4ccncc4)nc3)nc2)OC1(C)C. The van der Waals surface area contributed by atoms with Crippen molar-refractivity contribution in [3.63, 3.8) is 0 Å². The lowest BCUT2D eigenvalue weighted by Gasteiger charge is -2.32. The maximum absolute atomic E-state index is 6.08. The van der Waals surface area contributed by atoms with Crippen molar-refractivity contribution in [3.05, 3.63) is 61.2 Å². The van der Waals surface area contributed by atoms with Crippen molar-refractivity contribution in [1.29, 1.82) is 0 Å². The summed E-state index contributed by atoms with van der Waals surface area (Å²) in [5.74, 6) is 0. The van der Waals surface area contributed by atoms with E-state index < -0.39 is 7.12 Å². The molecule has 0 aromatic carbocycles. The molecular weight excluding hydrogens is 337 g/mol. The van der Waals surface area contributed by atoms with Crippen LogP contribution in [0.2, 0.25) is 0 Å². The minimum atomic E-state index is -0.399. The number of nitrogens with zero attached hydrogens (tertiary/aromatic N) is 3. The molecule has 3 aromatic rings. The van der Waals surface area contributed by atoms with Crippen molar-refractivity contribution in [3.8, 4) is 22.5 Å². The lowest BCUT2D eigenvalue weighted by Crippen LogP contribution is -2.41. The zero-order valence-corrected chi connectivity index (χ0v) is 16.0. The third-order valence-electron chi connectivity index (χ3n) is 5.35. The molecule has 0 unspecified atom stereocenters. The van der Waals surface area contributed by atoms with Crippen LogP contribution < -0.4 is 5.46 Å². The molecule has 0 atom stereocenters. The van der Waals surface area contributed by atoms with Gasteiger partial charge in [-0.05, 0) is 58.0 Å². The molecule has 1 aliphatic rings. The molecule has 5 nitrogen and oxygen atoms in total. The van der Waals surface area contributed by atoms with Crippen LogP contribution in [-0.4, -0.2) is 33.3 Å². The number of hydrogen-bond acceptors (Lipinski definition) is 5. The van der Waals surface area contributed by atoms with Crippen molar-refractivity contribution in [1.82, 2.24) is 15.0 Å². The topological polar surface area (TPSA) is 57.1 Å². The first-order chi connectivity index (χ1) is 12.9. The van der Waals surface area contributed by atoms with Crippen LogP contribution in [-0.2, 0) is 9.31 Å². The average molecular weight is 359 g/mol. The summed E-state index contributed by atoms with van der Waals surface area (Å²) in [6, 6.07) is 11.9. The standard InChI is InChI=1S/C21H22BN3O2/c1-20(2)21(3,4)27-22(26-20)17-6-8-19(25-14-17)16-5-7-18(24-13-16)15-9-11-23-12-10-15/h5-14H,1-4H3. The first kappa shape index (κ1) is 17.8. The third kappa shape index (κ3) is 3.38. The van der Waals surface area contributed by atoms with Gasteiger partial charge in [0.15, 0.2) is 0 Å². The maximum Gasteiger partial charge on any atom is 0.496 e.